The molecule has 202 valence electrons. The van der Waals surface area contributed by atoms with Gasteiger partial charge in [0.1, 0.15) is 6.04 Å². The minimum Gasteiger partial charge on any atom is -0.480 e. The Labute approximate surface area is 224 Å². The average molecular weight is 538 g/mol. The van der Waals surface area contributed by atoms with Crippen molar-refractivity contribution < 1.29 is 23.1 Å². The summed E-state index contributed by atoms with van der Waals surface area (Å²) in [4.78, 5) is 24.2. The molecule has 0 fully saturated rings. The number of carbonyl (C=O) groups excluding carboxylic acids is 1. The molecule has 0 saturated carbocycles. The van der Waals surface area contributed by atoms with Gasteiger partial charge in [0.05, 0.1) is 4.90 Å². The van der Waals surface area contributed by atoms with Gasteiger partial charge in [-0.1, -0.05) is 67.9 Å². The van der Waals surface area contributed by atoms with Crippen molar-refractivity contribution in [2.24, 2.45) is 5.92 Å². The number of aliphatic carboxylic acids is 1. The number of rotatable bonds is 10. The molecule has 1 atom stereocenters. The van der Waals surface area contributed by atoms with E-state index in [4.69, 9.17) is 0 Å². The summed E-state index contributed by atoms with van der Waals surface area (Å²) in [6.07, 6.45) is -0.0174. The maximum absolute atomic E-state index is 13.1. The smallest absolute Gasteiger partial charge is 0.322 e. The highest BCUT2D eigenvalue weighted by Crippen LogP contribution is 2.25. The molecule has 0 heterocycles. The number of aryl methyl sites for hydroxylation is 3. The minimum absolute atomic E-state index is 0.0174. The summed E-state index contributed by atoms with van der Waals surface area (Å²) in [5.41, 5.74) is 5.13. The second-order valence-electron chi connectivity index (χ2n) is 9.95. The predicted octanol–water partition coefficient (Wildman–Crippen LogP) is 5.03. The van der Waals surface area contributed by atoms with Crippen molar-refractivity contribution in [3.63, 3.8) is 0 Å². The van der Waals surface area contributed by atoms with E-state index in [9.17, 15) is 23.1 Å². The lowest BCUT2D eigenvalue weighted by molar-refractivity contribution is -0.138. The van der Waals surface area contributed by atoms with Gasteiger partial charge in [-0.25, -0.2) is 13.2 Å². The molecule has 0 radical (unpaired) electrons. The van der Waals surface area contributed by atoms with Crippen LogP contribution < -0.4 is 15.4 Å². The van der Waals surface area contributed by atoms with E-state index in [1.165, 1.54) is 0 Å². The number of amides is 2. The topological polar surface area (TPSA) is 125 Å². The first-order valence-electron chi connectivity index (χ1n) is 12.4. The van der Waals surface area contributed by atoms with E-state index >= 15 is 0 Å². The second kappa shape index (κ2) is 12.2. The van der Waals surface area contributed by atoms with Gasteiger partial charge in [-0.3, -0.25) is 4.79 Å². The number of urea groups is 1. The Hall–Kier alpha value is -3.69. The van der Waals surface area contributed by atoms with Crippen molar-refractivity contribution in [3.8, 4) is 11.1 Å². The number of nitrogens with one attached hydrogen (secondary N) is 3. The zero-order valence-corrected chi connectivity index (χ0v) is 23.1. The van der Waals surface area contributed by atoms with Gasteiger partial charge in [-0.2, -0.15) is 4.72 Å². The molecule has 0 bridgehead atoms. The van der Waals surface area contributed by atoms with Crippen LogP contribution in [0.2, 0.25) is 0 Å². The maximum atomic E-state index is 13.1. The van der Waals surface area contributed by atoms with E-state index in [1.54, 1.807) is 44.2 Å². The number of anilines is 1. The maximum Gasteiger partial charge on any atom is 0.322 e. The normalized spacial score (nSPS) is 12.3. The Morgan fingerprint density at radius 3 is 2.11 bits per heavy atom. The fourth-order valence-corrected chi connectivity index (χ4v) is 5.98. The molecule has 4 N–H and O–H groups in total. The molecule has 2 amide bonds. The summed E-state index contributed by atoms with van der Waals surface area (Å²) in [6.45, 7) is 9.89. The SMILES string of the molecule is Cc1cc(C)c(S(=O)(=O)N[C@H](Cc2ccc(-c3cccc(NC(=O)NCC(C)C)c3)cc2)C(=O)O)c(C)c1. The van der Waals surface area contributed by atoms with Crippen molar-refractivity contribution in [2.75, 3.05) is 11.9 Å². The first kappa shape index (κ1) is 28.9. The van der Waals surface area contributed by atoms with E-state index in [2.05, 4.69) is 15.4 Å². The second-order valence-corrected chi connectivity index (χ2v) is 11.6. The number of benzene rings is 3. The van der Waals surface area contributed by atoms with Crippen LogP contribution in [0.15, 0.2) is 65.6 Å². The van der Waals surface area contributed by atoms with Gasteiger partial charge in [-0.15, -0.1) is 0 Å². The van der Waals surface area contributed by atoms with E-state index in [-0.39, 0.29) is 17.3 Å². The molecule has 0 aromatic heterocycles. The van der Waals surface area contributed by atoms with Gasteiger partial charge >= 0.3 is 12.0 Å². The van der Waals surface area contributed by atoms with Crippen LogP contribution in [-0.4, -0.2) is 38.1 Å². The lowest BCUT2D eigenvalue weighted by atomic mass is 10.0. The lowest BCUT2D eigenvalue weighted by Gasteiger charge is -2.18. The quantitative estimate of drug-likeness (QED) is 0.289. The number of sulfonamides is 1. The molecular formula is C29H35N3O5S. The molecule has 38 heavy (non-hydrogen) atoms. The molecule has 0 aliphatic rings. The zero-order chi connectivity index (χ0) is 28.0. The van der Waals surface area contributed by atoms with Crippen molar-refractivity contribution in [1.29, 1.82) is 0 Å². The van der Waals surface area contributed by atoms with E-state index in [0.29, 0.717) is 34.8 Å². The third-order valence-corrected chi connectivity index (χ3v) is 7.76. The van der Waals surface area contributed by atoms with Crippen molar-refractivity contribution in [1.82, 2.24) is 10.0 Å². The summed E-state index contributed by atoms with van der Waals surface area (Å²) in [5, 5.41) is 15.4. The summed E-state index contributed by atoms with van der Waals surface area (Å²) in [6, 6.07) is 16.6. The predicted molar refractivity (Wildman–Crippen MR) is 150 cm³/mol. The van der Waals surface area contributed by atoms with Crippen molar-refractivity contribution >= 4 is 27.7 Å². The van der Waals surface area contributed by atoms with Crippen LogP contribution >= 0.6 is 0 Å². The van der Waals surface area contributed by atoms with Crippen LogP contribution in [0.25, 0.3) is 11.1 Å². The van der Waals surface area contributed by atoms with Gasteiger partial charge < -0.3 is 15.7 Å². The Bertz CT molecular complexity index is 1390. The molecule has 0 aliphatic carbocycles. The summed E-state index contributed by atoms with van der Waals surface area (Å²) in [7, 11) is -4.05. The number of carboxylic acids is 1. The fourth-order valence-electron chi connectivity index (χ4n) is 4.33. The molecule has 0 saturated heterocycles. The largest absolute Gasteiger partial charge is 0.480 e. The van der Waals surface area contributed by atoms with Gasteiger partial charge in [0.15, 0.2) is 0 Å². The first-order valence-corrected chi connectivity index (χ1v) is 13.9. The molecular weight excluding hydrogens is 502 g/mol. The molecule has 3 rings (SSSR count). The van der Waals surface area contributed by atoms with Crippen molar-refractivity contribution in [3.05, 3.63) is 82.9 Å². The Morgan fingerprint density at radius 2 is 1.53 bits per heavy atom. The molecule has 9 heteroatoms. The minimum atomic E-state index is -4.05. The van der Waals surface area contributed by atoms with E-state index < -0.39 is 22.0 Å². The first-order chi connectivity index (χ1) is 17.9. The summed E-state index contributed by atoms with van der Waals surface area (Å²) < 4.78 is 28.6. The van der Waals surface area contributed by atoms with Gasteiger partial charge in [0, 0.05) is 12.2 Å². The number of hydrogen-bond acceptors (Lipinski definition) is 4. The van der Waals surface area contributed by atoms with Crippen LogP contribution in [0.1, 0.15) is 36.1 Å². The van der Waals surface area contributed by atoms with Crippen LogP contribution in [0, 0.1) is 26.7 Å². The Balaban J connectivity index is 1.74. The van der Waals surface area contributed by atoms with Crippen LogP contribution in [-0.2, 0) is 21.2 Å². The number of carbonyl (C=O) groups is 2. The lowest BCUT2D eigenvalue weighted by Crippen LogP contribution is -2.42. The molecule has 3 aromatic rings. The standard InChI is InChI=1S/C29H35N3O5S/c1-18(2)17-30-29(35)31-25-8-6-7-24(16-25)23-11-9-22(10-12-23)15-26(28(33)34)32-38(36,37)27-20(4)13-19(3)14-21(27)5/h6-14,16,18,26,32H,15,17H2,1-5H3,(H,33,34)(H2,30,31,35)/t26-/m1/s1. The van der Waals surface area contributed by atoms with Crippen molar-refractivity contribution in [2.45, 2.75) is 52.0 Å². The third-order valence-electron chi connectivity index (χ3n) is 5.99. The Morgan fingerprint density at radius 1 is 0.895 bits per heavy atom. The van der Waals surface area contributed by atoms with Gasteiger partial charge in [0.25, 0.3) is 0 Å². The highest BCUT2D eigenvalue weighted by Gasteiger charge is 2.28. The monoisotopic (exact) mass is 537 g/mol. The summed E-state index contributed by atoms with van der Waals surface area (Å²) >= 11 is 0. The summed E-state index contributed by atoms with van der Waals surface area (Å²) in [5.74, 6) is -0.910. The van der Waals surface area contributed by atoms with E-state index in [1.807, 2.05) is 51.1 Å². The molecule has 3 aromatic carbocycles. The van der Waals surface area contributed by atoms with Gasteiger partial charge in [0.2, 0.25) is 10.0 Å². The number of carboxylic acid groups (broad SMARTS) is 1. The van der Waals surface area contributed by atoms with Crippen LogP contribution in [0.5, 0.6) is 0 Å². The molecule has 8 nitrogen and oxygen atoms in total. The number of hydrogen-bond donors (Lipinski definition) is 4. The third kappa shape index (κ3) is 7.66. The van der Waals surface area contributed by atoms with E-state index in [0.717, 1.165) is 16.7 Å². The highest BCUT2D eigenvalue weighted by atomic mass is 32.2. The molecule has 0 unspecified atom stereocenters. The van der Waals surface area contributed by atoms with Crippen LogP contribution in [0.3, 0.4) is 0 Å². The Kier molecular flexibility index (Phi) is 9.30. The van der Waals surface area contributed by atoms with Gasteiger partial charge in [-0.05, 0) is 73.1 Å². The zero-order valence-electron chi connectivity index (χ0n) is 22.3. The fraction of sp³-hybridized carbons (Fsp3) is 0.310. The molecule has 0 aliphatic heterocycles. The highest BCUT2D eigenvalue weighted by molar-refractivity contribution is 7.89. The van der Waals surface area contributed by atoms with Crippen LogP contribution in [0.4, 0.5) is 10.5 Å². The molecule has 0 spiro atoms. The average Bonchev–Trinajstić information content (AvgIpc) is 2.82.